The quantitative estimate of drug-likeness (QED) is 0.200. The molecule has 0 rings (SSSR count). The van der Waals surface area contributed by atoms with Gasteiger partial charge in [-0.1, -0.05) is 5.22 Å². The first-order valence-corrected chi connectivity index (χ1v) is 3.47. The van der Waals surface area contributed by atoms with Crippen LogP contribution in [0.4, 0.5) is 0 Å². The third-order valence-electron chi connectivity index (χ3n) is 1.00. The molecule has 0 unspecified atom stereocenters. The minimum atomic E-state index is -1.05. The maximum Gasteiger partial charge on any atom is 0.375 e. The topological polar surface area (TPSA) is 109 Å². The lowest BCUT2D eigenvalue weighted by Crippen LogP contribution is -2.26. The second kappa shape index (κ2) is 5.81. The van der Waals surface area contributed by atoms with E-state index in [2.05, 4.69) is 9.96 Å². The van der Waals surface area contributed by atoms with Crippen LogP contribution in [0.15, 0.2) is 5.22 Å². The van der Waals surface area contributed by atoms with Gasteiger partial charge in [0.15, 0.2) is 0 Å². The molecule has 0 heterocycles. The summed E-state index contributed by atoms with van der Waals surface area (Å²) in [5, 5.41) is 2.54. The van der Waals surface area contributed by atoms with Crippen molar-refractivity contribution in [1.29, 1.82) is 5.53 Å². The summed E-state index contributed by atoms with van der Waals surface area (Å²) in [6.07, 6.45) is -0.652. The molecule has 0 aromatic heterocycles. The lowest BCUT2D eigenvalue weighted by Gasteiger charge is -1.98. The van der Waals surface area contributed by atoms with E-state index in [0.29, 0.717) is 0 Å². The number of amides is 1. The van der Waals surface area contributed by atoms with Gasteiger partial charge in [-0.3, -0.25) is 9.59 Å². The lowest BCUT2D eigenvalue weighted by atomic mass is 10.3. The fourth-order valence-electron chi connectivity index (χ4n) is 0.531. The third-order valence-corrected chi connectivity index (χ3v) is 1.00. The fraction of sp³-hybridized carbons (Fsp3) is 0.500. The van der Waals surface area contributed by atoms with Crippen LogP contribution in [0.5, 0.6) is 0 Å². The highest BCUT2D eigenvalue weighted by Gasteiger charge is 2.18. The van der Waals surface area contributed by atoms with Crippen LogP contribution >= 0.6 is 0 Å². The highest BCUT2D eigenvalue weighted by atomic mass is 16.5. The van der Waals surface area contributed by atoms with E-state index >= 15 is 0 Å². The Bertz CT molecular complexity index is 238. The predicted molar refractivity (Wildman–Crippen MR) is 39.5 cm³/mol. The van der Waals surface area contributed by atoms with Gasteiger partial charge in [-0.05, 0) is 6.92 Å². The number of carbonyl (C=O) groups excluding carboxylic acids is 3. The van der Waals surface area contributed by atoms with Crippen LogP contribution in [0.3, 0.4) is 0 Å². The van der Waals surface area contributed by atoms with Gasteiger partial charge in [0, 0.05) is 0 Å². The van der Waals surface area contributed by atoms with Gasteiger partial charge in [0.2, 0.25) is 11.7 Å². The molecule has 7 nitrogen and oxygen atoms in total. The summed E-state index contributed by atoms with van der Waals surface area (Å²) in [5.74, 6) is -2.82. The van der Waals surface area contributed by atoms with Crippen LogP contribution in [0.2, 0.25) is 0 Å². The Morgan fingerprint density at radius 2 is 2.08 bits per heavy atom. The highest BCUT2D eigenvalue weighted by Crippen LogP contribution is 1.88. The third kappa shape index (κ3) is 4.62. The first kappa shape index (κ1) is 11.2. The molecule has 0 aliphatic heterocycles. The number of rotatable bonds is 5. The summed E-state index contributed by atoms with van der Waals surface area (Å²) in [6.45, 7) is 1.62. The number of ketones is 1. The van der Waals surface area contributed by atoms with Gasteiger partial charge in [0.1, 0.15) is 0 Å². The summed E-state index contributed by atoms with van der Waals surface area (Å²) >= 11 is 0. The monoisotopic (exact) mass is 187 g/mol. The van der Waals surface area contributed by atoms with Crippen molar-refractivity contribution in [3.8, 4) is 0 Å². The summed E-state index contributed by atoms with van der Waals surface area (Å²) < 4.78 is 4.34. The van der Waals surface area contributed by atoms with Gasteiger partial charge in [-0.15, -0.1) is 0 Å². The maximum atomic E-state index is 10.8. The van der Waals surface area contributed by atoms with Gasteiger partial charge in [-0.25, -0.2) is 10.2 Å². The van der Waals surface area contributed by atoms with Crippen molar-refractivity contribution in [2.24, 2.45) is 5.22 Å². The molecule has 0 saturated carbocycles. The lowest BCUT2D eigenvalue weighted by molar-refractivity contribution is -0.154. The molecule has 0 aliphatic rings. The normalized spacial score (nSPS) is 8.69. The molecular formula is C6H9N3O4. The highest BCUT2D eigenvalue weighted by molar-refractivity contribution is 6.36. The van der Waals surface area contributed by atoms with Crippen LogP contribution in [0, 0.1) is 5.53 Å². The van der Waals surface area contributed by atoms with Crippen LogP contribution in [-0.4, -0.2) is 24.3 Å². The van der Waals surface area contributed by atoms with Gasteiger partial charge in [0.05, 0.1) is 13.0 Å². The minimum Gasteiger partial charge on any atom is -0.460 e. The zero-order chi connectivity index (χ0) is 10.3. The van der Waals surface area contributed by atoms with Gasteiger partial charge >= 0.3 is 5.97 Å². The number of Topliss-reactive ketones (excluding diaryl/α,β-unsaturated/α-hetero) is 1. The van der Waals surface area contributed by atoms with Crippen molar-refractivity contribution in [1.82, 2.24) is 5.43 Å². The number of nitrogens with one attached hydrogen (secondary N) is 2. The number of ether oxygens (including phenoxy) is 1. The number of carbonyl (C=O) groups is 3. The zero-order valence-corrected chi connectivity index (χ0v) is 6.99. The van der Waals surface area contributed by atoms with Crippen molar-refractivity contribution in [2.75, 3.05) is 6.61 Å². The van der Waals surface area contributed by atoms with Gasteiger partial charge in [-0.2, -0.15) is 5.53 Å². The summed E-state index contributed by atoms with van der Waals surface area (Å²) in [4.78, 5) is 32.0. The number of nitrogens with zero attached hydrogens (tertiary/aromatic N) is 1. The van der Waals surface area contributed by atoms with E-state index in [-0.39, 0.29) is 6.61 Å². The molecule has 0 aliphatic carbocycles. The summed E-state index contributed by atoms with van der Waals surface area (Å²) in [5.41, 5.74) is 7.93. The molecular weight excluding hydrogens is 178 g/mol. The first-order chi connectivity index (χ1) is 6.11. The smallest absolute Gasteiger partial charge is 0.375 e. The summed E-state index contributed by atoms with van der Waals surface area (Å²) in [6, 6.07) is 0. The average molecular weight is 187 g/mol. The largest absolute Gasteiger partial charge is 0.460 e. The maximum absolute atomic E-state index is 10.8. The van der Waals surface area contributed by atoms with Crippen molar-refractivity contribution < 1.29 is 19.1 Å². The molecule has 2 N–H and O–H groups in total. The Kier molecular flexibility index (Phi) is 5.01. The van der Waals surface area contributed by atoms with E-state index in [1.165, 1.54) is 0 Å². The van der Waals surface area contributed by atoms with Crippen LogP contribution in [-0.2, 0) is 19.1 Å². The molecule has 0 bridgehead atoms. The molecule has 72 valence electrons. The van der Waals surface area contributed by atoms with E-state index in [1.807, 2.05) is 0 Å². The van der Waals surface area contributed by atoms with Gasteiger partial charge in [0.25, 0.3) is 0 Å². The number of hydrogen-bond donors (Lipinski definition) is 2. The van der Waals surface area contributed by atoms with E-state index in [1.54, 1.807) is 12.3 Å². The second-order valence-electron chi connectivity index (χ2n) is 1.97. The average Bonchev–Trinajstić information content (AvgIpc) is 2.05. The van der Waals surface area contributed by atoms with Crippen molar-refractivity contribution in [3.05, 3.63) is 0 Å². The second-order valence-corrected chi connectivity index (χ2v) is 1.97. The van der Waals surface area contributed by atoms with E-state index in [4.69, 9.17) is 5.53 Å². The molecule has 0 aromatic rings. The molecule has 0 radical (unpaired) electrons. The Morgan fingerprint density at radius 3 is 2.54 bits per heavy atom. The summed E-state index contributed by atoms with van der Waals surface area (Å²) in [7, 11) is 0. The minimum absolute atomic E-state index is 0.0784. The Labute approximate surface area is 73.9 Å². The predicted octanol–water partition coefficient (Wildman–Crippen LogP) is -0.429. The number of hydrogen-bond acceptors (Lipinski definition) is 6. The van der Waals surface area contributed by atoms with Crippen LogP contribution in [0.1, 0.15) is 13.3 Å². The van der Waals surface area contributed by atoms with E-state index in [0.717, 1.165) is 0 Å². The van der Waals surface area contributed by atoms with Gasteiger partial charge < -0.3 is 4.74 Å². The molecule has 0 aromatic carbocycles. The molecule has 0 spiro atoms. The fourth-order valence-corrected chi connectivity index (χ4v) is 0.531. The van der Waals surface area contributed by atoms with E-state index in [9.17, 15) is 14.4 Å². The molecule has 1 amide bonds. The molecule has 13 heavy (non-hydrogen) atoms. The van der Waals surface area contributed by atoms with Crippen LogP contribution in [0.25, 0.3) is 0 Å². The SMILES string of the molecule is CCOC(=O)C(=O)CC(=O)NN=N. The van der Waals surface area contributed by atoms with E-state index < -0.39 is 24.1 Å². The Balaban J connectivity index is 3.92. The first-order valence-electron chi connectivity index (χ1n) is 3.47. The Hall–Kier alpha value is -1.79. The zero-order valence-electron chi connectivity index (χ0n) is 6.99. The Morgan fingerprint density at radius 1 is 1.46 bits per heavy atom. The van der Waals surface area contributed by atoms with Crippen molar-refractivity contribution in [2.45, 2.75) is 13.3 Å². The standard InChI is InChI=1S/C6H9N3O4/c1-2-13-6(12)4(10)3-5(11)8-9-7/h2-3H2,1H3,(H2,7,8,11). The molecule has 0 atom stereocenters. The molecule has 7 heteroatoms. The number of esters is 1. The molecule has 0 saturated heterocycles. The van der Waals surface area contributed by atoms with Crippen molar-refractivity contribution >= 4 is 17.7 Å². The molecule has 0 fully saturated rings. The van der Waals surface area contributed by atoms with Crippen molar-refractivity contribution in [3.63, 3.8) is 0 Å². The van der Waals surface area contributed by atoms with Crippen LogP contribution < -0.4 is 5.43 Å².